The molecule has 0 saturated carbocycles. The first-order valence-electron chi connectivity index (χ1n) is 3.92. The Kier molecular flexibility index (Phi) is 1.86. The summed E-state index contributed by atoms with van der Waals surface area (Å²) in [7, 11) is 0. The third-order valence-electron chi connectivity index (χ3n) is 1.67. The first-order valence-corrected chi connectivity index (χ1v) is 4.80. The number of thiazole rings is 1. The van der Waals surface area contributed by atoms with Crippen LogP contribution in [0.5, 0.6) is 0 Å². The molecule has 4 heteroatoms. The Morgan fingerprint density at radius 1 is 1.75 bits per heavy atom. The Morgan fingerprint density at radius 3 is 3.25 bits per heavy atom. The average Bonchev–Trinajstić information content (AvgIpc) is 2.43. The van der Waals surface area contributed by atoms with Gasteiger partial charge in [-0.3, -0.25) is 4.40 Å². The van der Waals surface area contributed by atoms with Gasteiger partial charge in [0.15, 0.2) is 4.96 Å². The van der Waals surface area contributed by atoms with Gasteiger partial charge in [-0.15, -0.1) is 11.3 Å². The highest BCUT2D eigenvalue weighted by Gasteiger charge is 2.03. The lowest BCUT2D eigenvalue weighted by atomic mass is 10.2. The van der Waals surface area contributed by atoms with Gasteiger partial charge in [0, 0.05) is 30.2 Å². The van der Waals surface area contributed by atoms with Crippen molar-refractivity contribution < 1.29 is 0 Å². The van der Waals surface area contributed by atoms with E-state index in [2.05, 4.69) is 4.98 Å². The van der Waals surface area contributed by atoms with Crippen LogP contribution in [0.4, 0.5) is 0 Å². The number of rotatable bonds is 2. The number of nitrogens with two attached hydrogens (primary N) is 1. The lowest BCUT2D eigenvalue weighted by molar-refractivity contribution is 0.726. The number of hydrogen-bond acceptors (Lipinski definition) is 3. The van der Waals surface area contributed by atoms with E-state index in [0.29, 0.717) is 0 Å². The second-order valence-electron chi connectivity index (χ2n) is 3.01. The predicted molar refractivity (Wildman–Crippen MR) is 50.4 cm³/mol. The van der Waals surface area contributed by atoms with Crippen LogP contribution < -0.4 is 5.73 Å². The third kappa shape index (κ3) is 1.35. The van der Waals surface area contributed by atoms with Gasteiger partial charge < -0.3 is 5.73 Å². The predicted octanol–water partition coefficient (Wildman–Crippen LogP) is 1.29. The standard InChI is InChI=1S/C8H11N3S/c1-6(9)4-7-5-11-2-3-12-8(11)10-7/h2-3,5-6H,4,9H2,1H3. The second kappa shape index (κ2) is 2.88. The Morgan fingerprint density at radius 2 is 2.58 bits per heavy atom. The van der Waals surface area contributed by atoms with Gasteiger partial charge in [-0.2, -0.15) is 0 Å². The maximum atomic E-state index is 5.67. The molecule has 0 saturated heterocycles. The van der Waals surface area contributed by atoms with Crippen molar-refractivity contribution in [2.45, 2.75) is 19.4 Å². The fraction of sp³-hybridized carbons (Fsp3) is 0.375. The van der Waals surface area contributed by atoms with Crippen molar-refractivity contribution in [1.29, 1.82) is 0 Å². The number of fused-ring (bicyclic) bond motifs is 1. The first kappa shape index (κ1) is 7.76. The maximum absolute atomic E-state index is 5.67. The minimum absolute atomic E-state index is 0.189. The van der Waals surface area contributed by atoms with Gasteiger partial charge in [-0.25, -0.2) is 4.98 Å². The quantitative estimate of drug-likeness (QED) is 0.758. The molecular weight excluding hydrogens is 170 g/mol. The van der Waals surface area contributed by atoms with Crippen LogP contribution in [-0.2, 0) is 6.42 Å². The first-order chi connectivity index (χ1) is 5.75. The van der Waals surface area contributed by atoms with Crippen LogP contribution in [0.2, 0.25) is 0 Å². The van der Waals surface area contributed by atoms with Gasteiger partial charge in [0.1, 0.15) is 0 Å². The topological polar surface area (TPSA) is 43.3 Å². The Labute approximate surface area is 74.8 Å². The van der Waals surface area contributed by atoms with E-state index >= 15 is 0 Å². The normalized spacial score (nSPS) is 13.8. The van der Waals surface area contributed by atoms with Crippen molar-refractivity contribution in [2.75, 3.05) is 0 Å². The van der Waals surface area contributed by atoms with Crippen molar-refractivity contribution in [1.82, 2.24) is 9.38 Å². The number of hydrogen-bond donors (Lipinski definition) is 1. The van der Waals surface area contributed by atoms with Crippen LogP contribution in [0.25, 0.3) is 4.96 Å². The van der Waals surface area contributed by atoms with E-state index in [4.69, 9.17) is 5.73 Å². The van der Waals surface area contributed by atoms with Gasteiger partial charge in [0.05, 0.1) is 5.69 Å². The number of nitrogens with zero attached hydrogens (tertiary/aromatic N) is 2. The summed E-state index contributed by atoms with van der Waals surface area (Å²) < 4.78 is 2.03. The molecule has 64 valence electrons. The van der Waals surface area contributed by atoms with Gasteiger partial charge >= 0.3 is 0 Å². The van der Waals surface area contributed by atoms with Crippen molar-refractivity contribution in [3.63, 3.8) is 0 Å². The summed E-state index contributed by atoms with van der Waals surface area (Å²) in [6.45, 7) is 1.99. The summed E-state index contributed by atoms with van der Waals surface area (Å²) in [6.07, 6.45) is 4.90. The zero-order valence-electron chi connectivity index (χ0n) is 6.90. The van der Waals surface area contributed by atoms with Crippen LogP contribution in [0.3, 0.4) is 0 Å². The molecule has 1 atom stereocenters. The molecule has 0 aliphatic carbocycles. The van der Waals surface area contributed by atoms with E-state index < -0.39 is 0 Å². The van der Waals surface area contributed by atoms with E-state index in [1.807, 2.05) is 29.1 Å². The lowest BCUT2D eigenvalue weighted by Crippen LogP contribution is -2.17. The highest BCUT2D eigenvalue weighted by atomic mass is 32.1. The van der Waals surface area contributed by atoms with Crippen molar-refractivity contribution >= 4 is 16.3 Å². The molecule has 2 heterocycles. The summed E-state index contributed by atoms with van der Waals surface area (Å²) in [5.41, 5.74) is 6.75. The van der Waals surface area contributed by atoms with Gasteiger partial charge in [-0.1, -0.05) is 0 Å². The van der Waals surface area contributed by atoms with Crippen LogP contribution in [0.15, 0.2) is 17.8 Å². The van der Waals surface area contributed by atoms with Crippen LogP contribution in [0, 0.1) is 0 Å². The molecule has 2 aromatic rings. The molecule has 2 aromatic heterocycles. The highest BCUT2D eigenvalue weighted by molar-refractivity contribution is 7.15. The van der Waals surface area contributed by atoms with Gasteiger partial charge in [-0.05, 0) is 6.92 Å². The second-order valence-corrected chi connectivity index (χ2v) is 3.88. The van der Waals surface area contributed by atoms with E-state index in [0.717, 1.165) is 17.1 Å². The average molecular weight is 181 g/mol. The molecule has 2 N–H and O–H groups in total. The molecule has 12 heavy (non-hydrogen) atoms. The molecule has 0 aromatic carbocycles. The van der Waals surface area contributed by atoms with Crippen molar-refractivity contribution in [3.05, 3.63) is 23.5 Å². The Bertz CT molecular complexity index is 346. The van der Waals surface area contributed by atoms with E-state index in [1.54, 1.807) is 11.3 Å². The zero-order valence-corrected chi connectivity index (χ0v) is 7.71. The smallest absolute Gasteiger partial charge is 0.193 e. The lowest BCUT2D eigenvalue weighted by Gasteiger charge is -1.98. The summed E-state index contributed by atoms with van der Waals surface area (Å²) >= 11 is 1.65. The molecule has 1 unspecified atom stereocenters. The molecule has 3 nitrogen and oxygen atoms in total. The minimum atomic E-state index is 0.189. The maximum Gasteiger partial charge on any atom is 0.193 e. The molecule has 0 spiro atoms. The molecule has 0 aliphatic rings. The van der Waals surface area contributed by atoms with Crippen LogP contribution >= 0.6 is 11.3 Å². The Hall–Kier alpha value is -0.870. The number of aromatic nitrogens is 2. The fourth-order valence-electron chi connectivity index (χ4n) is 1.20. The molecule has 0 fully saturated rings. The van der Waals surface area contributed by atoms with Crippen LogP contribution in [-0.4, -0.2) is 15.4 Å². The number of imidazole rings is 1. The van der Waals surface area contributed by atoms with Crippen molar-refractivity contribution in [2.24, 2.45) is 5.73 Å². The van der Waals surface area contributed by atoms with Crippen LogP contribution in [0.1, 0.15) is 12.6 Å². The van der Waals surface area contributed by atoms with Gasteiger partial charge in [0.25, 0.3) is 0 Å². The zero-order chi connectivity index (χ0) is 8.55. The highest BCUT2D eigenvalue weighted by Crippen LogP contribution is 2.11. The molecule has 0 radical (unpaired) electrons. The van der Waals surface area contributed by atoms with E-state index in [1.165, 1.54) is 0 Å². The molecule has 0 bridgehead atoms. The largest absolute Gasteiger partial charge is 0.328 e. The monoisotopic (exact) mass is 181 g/mol. The summed E-state index contributed by atoms with van der Waals surface area (Å²) in [5, 5.41) is 2.03. The van der Waals surface area contributed by atoms with Crippen molar-refractivity contribution in [3.8, 4) is 0 Å². The third-order valence-corrected chi connectivity index (χ3v) is 2.44. The Balaban J connectivity index is 2.32. The summed E-state index contributed by atoms with van der Waals surface area (Å²) in [5.74, 6) is 0. The molecule has 0 aliphatic heterocycles. The summed E-state index contributed by atoms with van der Waals surface area (Å²) in [4.78, 5) is 5.46. The SMILES string of the molecule is CC(N)Cc1cn2ccsc2n1. The van der Waals surface area contributed by atoms with E-state index in [-0.39, 0.29) is 6.04 Å². The van der Waals surface area contributed by atoms with E-state index in [9.17, 15) is 0 Å². The molecule has 0 amide bonds. The molecule has 2 rings (SSSR count). The molecular formula is C8H11N3S. The fourth-order valence-corrected chi connectivity index (χ4v) is 1.92. The minimum Gasteiger partial charge on any atom is -0.328 e. The van der Waals surface area contributed by atoms with Gasteiger partial charge in [0.2, 0.25) is 0 Å². The summed E-state index contributed by atoms with van der Waals surface area (Å²) in [6, 6.07) is 0.189.